The van der Waals surface area contributed by atoms with Gasteiger partial charge in [0.05, 0.1) is 0 Å². The van der Waals surface area contributed by atoms with Crippen LogP contribution in [-0.4, -0.2) is 55.0 Å². The van der Waals surface area contributed by atoms with Crippen molar-refractivity contribution in [1.82, 2.24) is 9.80 Å². The molecule has 2 aromatic rings. The first kappa shape index (κ1) is 22.6. The molecule has 0 radical (unpaired) electrons. The molecule has 7 heteroatoms. The number of hydrogen-bond donors (Lipinski definition) is 1. The Morgan fingerprint density at radius 3 is 2.15 bits per heavy atom. The molecule has 4 nitrogen and oxygen atoms in total. The summed E-state index contributed by atoms with van der Waals surface area (Å²) in [4.78, 5) is 4.51. The number of piperazine rings is 1. The van der Waals surface area contributed by atoms with E-state index in [1.807, 2.05) is 54.6 Å². The van der Waals surface area contributed by atoms with Crippen LogP contribution in [0.4, 0.5) is 0 Å². The first-order valence-corrected chi connectivity index (χ1v) is 8.60. The number of hydrogen-bond acceptors (Lipinski definition) is 3. The molecule has 1 N–H and O–H groups in total. The third kappa shape index (κ3) is 6.36. The lowest BCUT2D eigenvalue weighted by molar-refractivity contribution is 0.154. The zero-order chi connectivity index (χ0) is 16.8. The Morgan fingerprint density at radius 2 is 1.54 bits per heavy atom. The van der Waals surface area contributed by atoms with E-state index in [0.717, 1.165) is 44.0 Å². The van der Waals surface area contributed by atoms with Crippen molar-refractivity contribution in [2.45, 2.75) is 0 Å². The van der Waals surface area contributed by atoms with Gasteiger partial charge in [-0.05, 0) is 36.4 Å². The minimum absolute atomic E-state index is 0. The molecule has 0 amide bonds. The Kier molecular flexibility index (Phi) is 9.81. The van der Waals surface area contributed by atoms with Crippen molar-refractivity contribution >= 4 is 42.3 Å². The van der Waals surface area contributed by atoms with Crippen molar-refractivity contribution in [3.63, 3.8) is 0 Å². The molecule has 1 aliphatic heterocycles. The van der Waals surface area contributed by atoms with Gasteiger partial charge < -0.3 is 9.64 Å². The lowest BCUT2D eigenvalue weighted by atomic mass is 10.1. The summed E-state index contributed by atoms with van der Waals surface area (Å²) < 4.78 is 5.75. The van der Waals surface area contributed by atoms with E-state index in [4.69, 9.17) is 21.7 Å². The second-order valence-corrected chi connectivity index (χ2v) is 6.28. The lowest BCUT2D eigenvalue weighted by Crippen LogP contribution is -2.49. The van der Waals surface area contributed by atoms with Gasteiger partial charge in [-0.2, -0.15) is 0 Å². The third-order valence-electron chi connectivity index (χ3n) is 4.23. The summed E-state index contributed by atoms with van der Waals surface area (Å²) in [6.07, 6.45) is 0. The maximum Gasteiger partial charge on any atom is 0.128 e. The van der Waals surface area contributed by atoms with E-state index in [9.17, 15) is 0 Å². The van der Waals surface area contributed by atoms with Crippen LogP contribution >= 0.6 is 36.4 Å². The maximum atomic E-state index is 8.35. The molecule has 0 unspecified atom stereocenters. The molecule has 0 aliphatic carbocycles. The minimum Gasteiger partial charge on any atom is -0.492 e. The molecule has 1 saturated heterocycles. The smallest absolute Gasteiger partial charge is 0.128 e. The number of ether oxygens (including phenoxy) is 1. The summed E-state index contributed by atoms with van der Waals surface area (Å²) in [7, 11) is 0. The van der Waals surface area contributed by atoms with Crippen LogP contribution in [0.3, 0.4) is 0 Å². The summed E-state index contributed by atoms with van der Waals surface area (Å²) in [6, 6.07) is 17.4. The SMILES string of the molecule is Cl.Cl.N=C(c1ccc(Cl)cc1)N1CCN(CCOc2ccccc2)CC1. The molecular formula is C19H24Cl3N3O. The van der Waals surface area contributed by atoms with Crippen LogP contribution in [0.2, 0.25) is 5.02 Å². The lowest BCUT2D eigenvalue weighted by Gasteiger charge is -2.36. The third-order valence-corrected chi connectivity index (χ3v) is 4.48. The Hall–Kier alpha value is -1.46. The number of nitrogens with zero attached hydrogens (tertiary/aromatic N) is 2. The van der Waals surface area contributed by atoms with Crippen LogP contribution in [0, 0.1) is 5.41 Å². The van der Waals surface area contributed by atoms with Crippen molar-refractivity contribution in [2.24, 2.45) is 0 Å². The molecule has 1 fully saturated rings. The van der Waals surface area contributed by atoms with Gasteiger partial charge in [0.15, 0.2) is 0 Å². The quantitative estimate of drug-likeness (QED) is 0.586. The van der Waals surface area contributed by atoms with Crippen LogP contribution in [0.15, 0.2) is 54.6 Å². The highest BCUT2D eigenvalue weighted by molar-refractivity contribution is 6.30. The van der Waals surface area contributed by atoms with Gasteiger partial charge in [0.25, 0.3) is 0 Å². The first-order valence-electron chi connectivity index (χ1n) is 8.22. The van der Waals surface area contributed by atoms with Gasteiger partial charge in [-0.1, -0.05) is 29.8 Å². The number of halogens is 3. The highest BCUT2D eigenvalue weighted by Gasteiger charge is 2.19. The van der Waals surface area contributed by atoms with Crippen LogP contribution in [0.1, 0.15) is 5.56 Å². The minimum atomic E-state index is 0. The predicted octanol–water partition coefficient (Wildman–Crippen LogP) is 4.21. The molecule has 3 rings (SSSR count). The van der Waals surface area contributed by atoms with Crippen LogP contribution in [0.5, 0.6) is 5.75 Å². The van der Waals surface area contributed by atoms with E-state index in [0.29, 0.717) is 17.5 Å². The van der Waals surface area contributed by atoms with Crippen LogP contribution in [0.25, 0.3) is 0 Å². The fraction of sp³-hybridized carbons (Fsp3) is 0.316. The topological polar surface area (TPSA) is 39.6 Å². The number of amidine groups is 1. The Balaban J connectivity index is 0.00000169. The van der Waals surface area contributed by atoms with Gasteiger partial charge >= 0.3 is 0 Å². The molecule has 26 heavy (non-hydrogen) atoms. The first-order chi connectivity index (χ1) is 11.7. The Morgan fingerprint density at radius 1 is 0.923 bits per heavy atom. The molecule has 142 valence electrons. The standard InChI is InChI=1S/C19H22ClN3O.2ClH/c20-17-8-6-16(7-9-17)19(21)23-12-10-22(11-13-23)14-15-24-18-4-2-1-3-5-18;;/h1-9,21H,10-15H2;2*1H. The van der Waals surface area contributed by atoms with Gasteiger partial charge in [-0.3, -0.25) is 10.3 Å². The maximum absolute atomic E-state index is 8.35. The highest BCUT2D eigenvalue weighted by atomic mass is 35.5. The van der Waals surface area contributed by atoms with Gasteiger partial charge in [0, 0.05) is 43.3 Å². The predicted molar refractivity (Wildman–Crippen MR) is 113 cm³/mol. The van der Waals surface area contributed by atoms with Crippen molar-refractivity contribution in [2.75, 3.05) is 39.3 Å². The zero-order valence-corrected chi connectivity index (χ0v) is 16.8. The average Bonchev–Trinajstić information content (AvgIpc) is 2.63. The molecule has 0 spiro atoms. The van der Waals surface area contributed by atoms with Crippen LogP contribution < -0.4 is 4.74 Å². The van der Waals surface area contributed by atoms with Gasteiger partial charge in [0.1, 0.15) is 18.2 Å². The summed E-state index contributed by atoms with van der Waals surface area (Å²) >= 11 is 5.91. The summed E-state index contributed by atoms with van der Waals surface area (Å²) in [5, 5.41) is 9.05. The molecular weight excluding hydrogens is 393 g/mol. The van der Waals surface area contributed by atoms with E-state index in [-0.39, 0.29) is 24.8 Å². The van der Waals surface area contributed by atoms with Gasteiger partial charge in [0.2, 0.25) is 0 Å². The molecule has 1 aliphatic rings. The van der Waals surface area contributed by atoms with Crippen molar-refractivity contribution in [3.8, 4) is 5.75 Å². The van der Waals surface area contributed by atoms with E-state index < -0.39 is 0 Å². The fourth-order valence-corrected chi connectivity index (χ4v) is 2.92. The molecule has 2 aromatic carbocycles. The molecule has 1 heterocycles. The second kappa shape index (κ2) is 11.3. The van der Waals surface area contributed by atoms with Crippen molar-refractivity contribution in [1.29, 1.82) is 5.41 Å². The number of rotatable bonds is 5. The van der Waals surface area contributed by atoms with Crippen molar-refractivity contribution < 1.29 is 4.74 Å². The summed E-state index contributed by atoms with van der Waals surface area (Å²) in [6.45, 7) is 5.25. The van der Waals surface area contributed by atoms with Crippen LogP contribution in [-0.2, 0) is 0 Å². The largest absolute Gasteiger partial charge is 0.492 e. The fourth-order valence-electron chi connectivity index (χ4n) is 2.79. The number of para-hydroxylation sites is 1. The molecule has 0 atom stereocenters. The van der Waals surface area contributed by atoms with Gasteiger partial charge in [-0.15, -0.1) is 24.8 Å². The monoisotopic (exact) mass is 415 g/mol. The molecule has 0 saturated carbocycles. The van der Waals surface area contributed by atoms with E-state index in [2.05, 4.69) is 9.80 Å². The Bertz CT molecular complexity index is 659. The molecule has 0 aromatic heterocycles. The summed E-state index contributed by atoms with van der Waals surface area (Å²) in [5.41, 5.74) is 0.917. The highest BCUT2D eigenvalue weighted by Crippen LogP contribution is 2.13. The van der Waals surface area contributed by atoms with Gasteiger partial charge in [-0.25, -0.2) is 0 Å². The second-order valence-electron chi connectivity index (χ2n) is 5.85. The number of nitrogens with one attached hydrogen (secondary N) is 1. The zero-order valence-electron chi connectivity index (χ0n) is 14.4. The normalized spacial score (nSPS) is 14.1. The average molecular weight is 417 g/mol. The number of benzene rings is 2. The van der Waals surface area contributed by atoms with E-state index in [1.165, 1.54) is 0 Å². The van der Waals surface area contributed by atoms with E-state index in [1.54, 1.807) is 0 Å². The Labute approximate surface area is 172 Å². The summed E-state index contributed by atoms with van der Waals surface area (Å²) in [5.74, 6) is 1.49. The molecule has 0 bridgehead atoms. The van der Waals surface area contributed by atoms with E-state index >= 15 is 0 Å². The van der Waals surface area contributed by atoms with Crippen molar-refractivity contribution in [3.05, 3.63) is 65.2 Å².